The van der Waals surface area contributed by atoms with Gasteiger partial charge in [0, 0.05) is 25.0 Å². The Morgan fingerprint density at radius 2 is 2.33 bits per heavy atom. The second-order valence-corrected chi connectivity index (χ2v) is 3.92. The Kier molecular flexibility index (Phi) is 5.29. The summed E-state index contributed by atoms with van der Waals surface area (Å²) in [7, 11) is 0. The lowest BCUT2D eigenvalue weighted by Crippen LogP contribution is -2.37. The fraction of sp³-hybridized carbons (Fsp3) is 0.583. The maximum absolute atomic E-state index is 9.23. The predicted octanol–water partition coefficient (Wildman–Crippen LogP) is 1.58. The van der Waals surface area contributed by atoms with Gasteiger partial charge in [0.2, 0.25) is 0 Å². The van der Waals surface area contributed by atoms with Gasteiger partial charge in [-0.25, -0.2) is 0 Å². The standard InChI is InChI=1S/C12H20N2O/c1-3-10(2)12(9-15)14-8-11-5-4-6-13-7-11/h4-7,10,12,14-15H,3,8-9H2,1-2H3. The van der Waals surface area contributed by atoms with Gasteiger partial charge in [0.15, 0.2) is 0 Å². The number of nitrogens with one attached hydrogen (secondary N) is 1. The van der Waals surface area contributed by atoms with Crippen molar-refractivity contribution in [3.8, 4) is 0 Å². The first-order valence-corrected chi connectivity index (χ1v) is 5.51. The third-order valence-electron chi connectivity index (χ3n) is 2.82. The number of hydrogen-bond acceptors (Lipinski definition) is 3. The molecule has 0 aliphatic rings. The van der Waals surface area contributed by atoms with Crippen LogP contribution in [0, 0.1) is 5.92 Å². The molecule has 0 fully saturated rings. The van der Waals surface area contributed by atoms with Crippen molar-refractivity contribution < 1.29 is 5.11 Å². The van der Waals surface area contributed by atoms with Crippen molar-refractivity contribution in [3.63, 3.8) is 0 Å². The molecule has 1 heterocycles. The zero-order chi connectivity index (χ0) is 11.1. The van der Waals surface area contributed by atoms with Crippen LogP contribution in [0.15, 0.2) is 24.5 Å². The lowest BCUT2D eigenvalue weighted by Gasteiger charge is -2.22. The normalized spacial score (nSPS) is 14.9. The maximum atomic E-state index is 9.23. The molecule has 0 saturated heterocycles. The van der Waals surface area contributed by atoms with Crippen LogP contribution in [-0.2, 0) is 6.54 Å². The molecule has 3 nitrogen and oxygen atoms in total. The van der Waals surface area contributed by atoms with E-state index in [2.05, 4.69) is 24.1 Å². The van der Waals surface area contributed by atoms with E-state index in [9.17, 15) is 5.11 Å². The topological polar surface area (TPSA) is 45.1 Å². The van der Waals surface area contributed by atoms with Gasteiger partial charge >= 0.3 is 0 Å². The molecule has 0 saturated carbocycles. The summed E-state index contributed by atoms with van der Waals surface area (Å²) in [5, 5.41) is 12.6. The summed E-state index contributed by atoms with van der Waals surface area (Å²) < 4.78 is 0. The zero-order valence-electron chi connectivity index (χ0n) is 9.48. The third-order valence-corrected chi connectivity index (χ3v) is 2.82. The van der Waals surface area contributed by atoms with E-state index in [1.165, 1.54) is 0 Å². The van der Waals surface area contributed by atoms with Crippen LogP contribution in [0.1, 0.15) is 25.8 Å². The summed E-state index contributed by atoms with van der Waals surface area (Å²) in [4.78, 5) is 4.05. The van der Waals surface area contributed by atoms with Gasteiger partial charge in [-0.1, -0.05) is 26.3 Å². The molecule has 2 N–H and O–H groups in total. The van der Waals surface area contributed by atoms with Gasteiger partial charge in [0.1, 0.15) is 0 Å². The number of aromatic nitrogens is 1. The van der Waals surface area contributed by atoms with E-state index >= 15 is 0 Å². The van der Waals surface area contributed by atoms with Gasteiger partial charge in [0.25, 0.3) is 0 Å². The molecule has 0 spiro atoms. The van der Waals surface area contributed by atoms with Gasteiger partial charge in [0.05, 0.1) is 6.61 Å². The number of aliphatic hydroxyl groups is 1. The Morgan fingerprint density at radius 1 is 1.53 bits per heavy atom. The van der Waals surface area contributed by atoms with E-state index < -0.39 is 0 Å². The first kappa shape index (κ1) is 12.1. The van der Waals surface area contributed by atoms with Crippen molar-refractivity contribution in [2.75, 3.05) is 6.61 Å². The van der Waals surface area contributed by atoms with E-state index in [1.807, 2.05) is 18.3 Å². The fourth-order valence-electron chi connectivity index (χ4n) is 1.48. The molecule has 0 radical (unpaired) electrons. The summed E-state index contributed by atoms with van der Waals surface area (Å²) in [6, 6.07) is 4.13. The summed E-state index contributed by atoms with van der Waals surface area (Å²) >= 11 is 0. The van der Waals surface area contributed by atoms with Crippen molar-refractivity contribution in [3.05, 3.63) is 30.1 Å². The van der Waals surface area contributed by atoms with E-state index in [4.69, 9.17) is 0 Å². The van der Waals surface area contributed by atoms with Gasteiger partial charge in [-0.3, -0.25) is 4.98 Å². The van der Waals surface area contributed by atoms with Crippen LogP contribution >= 0.6 is 0 Å². The lowest BCUT2D eigenvalue weighted by atomic mass is 10.00. The van der Waals surface area contributed by atoms with E-state index in [0.717, 1.165) is 18.5 Å². The minimum Gasteiger partial charge on any atom is -0.395 e. The monoisotopic (exact) mass is 208 g/mol. The maximum Gasteiger partial charge on any atom is 0.0587 e. The summed E-state index contributed by atoms with van der Waals surface area (Å²) in [5.74, 6) is 0.492. The molecule has 0 amide bonds. The number of aliphatic hydroxyl groups excluding tert-OH is 1. The van der Waals surface area contributed by atoms with Crippen molar-refractivity contribution in [2.45, 2.75) is 32.9 Å². The average Bonchev–Trinajstić information content (AvgIpc) is 2.31. The van der Waals surface area contributed by atoms with Crippen molar-refractivity contribution in [2.24, 2.45) is 5.92 Å². The Balaban J connectivity index is 2.41. The second-order valence-electron chi connectivity index (χ2n) is 3.92. The van der Waals surface area contributed by atoms with Crippen molar-refractivity contribution in [1.82, 2.24) is 10.3 Å². The Morgan fingerprint density at radius 3 is 2.87 bits per heavy atom. The quantitative estimate of drug-likeness (QED) is 0.746. The summed E-state index contributed by atoms with van der Waals surface area (Å²) in [6.07, 6.45) is 4.69. The van der Waals surface area contributed by atoms with Crippen LogP contribution in [0.5, 0.6) is 0 Å². The molecule has 0 aliphatic heterocycles. The molecule has 1 aromatic rings. The van der Waals surface area contributed by atoms with Crippen LogP contribution in [-0.4, -0.2) is 22.7 Å². The highest BCUT2D eigenvalue weighted by Crippen LogP contribution is 2.07. The minimum atomic E-state index is 0.176. The molecule has 0 bridgehead atoms. The third kappa shape index (κ3) is 3.98. The Bertz CT molecular complexity index is 264. The highest BCUT2D eigenvalue weighted by molar-refractivity contribution is 5.08. The molecule has 0 aromatic carbocycles. The average molecular weight is 208 g/mol. The SMILES string of the molecule is CCC(C)C(CO)NCc1cccnc1. The highest BCUT2D eigenvalue weighted by atomic mass is 16.3. The minimum absolute atomic E-state index is 0.176. The van der Waals surface area contributed by atoms with E-state index in [0.29, 0.717) is 5.92 Å². The number of hydrogen-bond donors (Lipinski definition) is 2. The lowest BCUT2D eigenvalue weighted by molar-refractivity contribution is 0.201. The smallest absolute Gasteiger partial charge is 0.0587 e. The summed E-state index contributed by atoms with van der Waals surface area (Å²) in [6.45, 7) is 5.24. The van der Waals surface area contributed by atoms with Gasteiger partial charge in [-0.05, 0) is 17.5 Å². The van der Waals surface area contributed by atoms with Crippen LogP contribution in [0.2, 0.25) is 0 Å². The number of pyridine rings is 1. The van der Waals surface area contributed by atoms with Crippen LogP contribution in [0.25, 0.3) is 0 Å². The largest absolute Gasteiger partial charge is 0.395 e. The van der Waals surface area contributed by atoms with Gasteiger partial charge < -0.3 is 10.4 Å². The summed E-state index contributed by atoms with van der Waals surface area (Å²) in [5.41, 5.74) is 1.15. The van der Waals surface area contributed by atoms with E-state index in [1.54, 1.807) is 6.20 Å². The first-order chi connectivity index (χ1) is 7.27. The highest BCUT2D eigenvalue weighted by Gasteiger charge is 2.13. The molecule has 2 unspecified atom stereocenters. The first-order valence-electron chi connectivity index (χ1n) is 5.51. The molecular weight excluding hydrogens is 188 g/mol. The van der Waals surface area contributed by atoms with E-state index in [-0.39, 0.29) is 12.6 Å². The van der Waals surface area contributed by atoms with Crippen LogP contribution in [0.4, 0.5) is 0 Å². The molecule has 2 atom stereocenters. The number of rotatable bonds is 6. The molecular formula is C12H20N2O. The zero-order valence-corrected chi connectivity index (χ0v) is 9.48. The van der Waals surface area contributed by atoms with Gasteiger partial charge in [-0.2, -0.15) is 0 Å². The molecule has 84 valence electrons. The van der Waals surface area contributed by atoms with Crippen LogP contribution < -0.4 is 5.32 Å². The van der Waals surface area contributed by atoms with Crippen LogP contribution in [0.3, 0.4) is 0 Å². The Labute approximate surface area is 91.5 Å². The fourth-order valence-corrected chi connectivity index (χ4v) is 1.48. The molecule has 15 heavy (non-hydrogen) atoms. The Hall–Kier alpha value is -0.930. The van der Waals surface area contributed by atoms with Gasteiger partial charge in [-0.15, -0.1) is 0 Å². The molecule has 3 heteroatoms. The second kappa shape index (κ2) is 6.53. The van der Waals surface area contributed by atoms with Crippen molar-refractivity contribution >= 4 is 0 Å². The molecule has 1 aromatic heterocycles. The molecule has 1 rings (SSSR count). The number of nitrogens with zero attached hydrogens (tertiary/aromatic N) is 1. The predicted molar refractivity (Wildman–Crippen MR) is 61.4 cm³/mol. The van der Waals surface area contributed by atoms with Crippen molar-refractivity contribution in [1.29, 1.82) is 0 Å². The molecule has 0 aliphatic carbocycles.